The number of aromatic nitrogens is 2. The summed E-state index contributed by atoms with van der Waals surface area (Å²) in [4.78, 5) is 11.5. The molecule has 0 radical (unpaired) electrons. The summed E-state index contributed by atoms with van der Waals surface area (Å²) in [7, 11) is 0. The fourth-order valence-electron chi connectivity index (χ4n) is 2.88. The number of hydrogen-bond acceptors (Lipinski definition) is 3. The summed E-state index contributed by atoms with van der Waals surface area (Å²) in [5, 5.41) is 0.504. The van der Waals surface area contributed by atoms with E-state index in [4.69, 9.17) is 16.6 Å². The van der Waals surface area contributed by atoms with Crippen molar-refractivity contribution < 1.29 is 0 Å². The van der Waals surface area contributed by atoms with Gasteiger partial charge in [-0.3, -0.25) is 0 Å². The summed E-state index contributed by atoms with van der Waals surface area (Å²) in [6.45, 7) is 5.58. The molecule has 1 aliphatic rings. The third-order valence-corrected chi connectivity index (χ3v) is 4.32. The maximum atomic E-state index is 6.23. The number of nitrogens with zero attached hydrogens (tertiary/aromatic N) is 3. The van der Waals surface area contributed by atoms with Crippen LogP contribution < -0.4 is 4.90 Å². The molecule has 0 N–H and O–H groups in total. The van der Waals surface area contributed by atoms with Gasteiger partial charge >= 0.3 is 0 Å². The Morgan fingerprint density at radius 3 is 2.62 bits per heavy atom. The van der Waals surface area contributed by atoms with Gasteiger partial charge in [0.15, 0.2) is 5.82 Å². The van der Waals surface area contributed by atoms with Crippen molar-refractivity contribution in [2.75, 3.05) is 11.4 Å². The first-order valence-electron chi connectivity index (χ1n) is 7.50. The van der Waals surface area contributed by atoms with Gasteiger partial charge in [0, 0.05) is 24.2 Å². The minimum Gasteiger partial charge on any atom is -0.353 e. The summed E-state index contributed by atoms with van der Waals surface area (Å²) in [5.74, 6) is 2.33. The van der Waals surface area contributed by atoms with E-state index in [1.54, 1.807) is 0 Å². The minimum atomic E-state index is 0.496. The van der Waals surface area contributed by atoms with Crippen LogP contribution in [0.4, 0.5) is 5.82 Å². The Morgan fingerprint density at radius 1 is 1.10 bits per heavy atom. The predicted octanol–water partition coefficient (Wildman–Crippen LogP) is 4.42. The Labute approximate surface area is 131 Å². The lowest BCUT2D eigenvalue weighted by Gasteiger charge is -2.37. The van der Waals surface area contributed by atoms with Crippen LogP contribution in [0, 0.1) is 5.92 Å². The third-order valence-electron chi connectivity index (χ3n) is 4.13. The van der Waals surface area contributed by atoms with Crippen molar-refractivity contribution in [3.05, 3.63) is 41.6 Å². The van der Waals surface area contributed by atoms with Gasteiger partial charge in [0.1, 0.15) is 11.0 Å². The molecule has 2 atom stereocenters. The molecular weight excluding hydrogens is 282 g/mol. The van der Waals surface area contributed by atoms with Gasteiger partial charge in [-0.2, -0.15) is 0 Å². The molecule has 0 amide bonds. The van der Waals surface area contributed by atoms with Crippen molar-refractivity contribution in [2.45, 2.75) is 32.7 Å². The van der Waals surface area contributed by atoms with Crippen LogP contribution in [0.2, 0.25) is 5.15 Å². The van der Waals surface area contributed by atoms with Gasteiger partial charge in [-0.05, 0) is 25.7 Å². The highest BCUT2D eigenvalue weighted by Crippen LogP contribution is 2.29. The van der Waals surface area contributed by atoms with Crippen LogP contribution in [0.3, 0.4) is 0 Å². The van der Waals surface area contributed by atoms with E-state index in [-0.39, 0.29) is 0 Å². The molecule has 0 spiro atoms. The Morgan fingerprint density at radius 2 is 1.86 bits per heavy atom. The fourth-order valence-corrected chi connectivity index (χ4v) is 3.05. The minimum absolute atomic E-state index is 0.496. The van der Waals surface area contributed by atoms with Crippen molar-refractivity contribution in [1.82, 2.24) is 9.97 Å². The monoisotopic (exact) mass is 301 g/mol. The largest absolute Gasteiger partial charge is 0.353 e. The number of hydrogen-bond donors (Lipinski definition) is 0. The maximum absolute atomic E-state index is 6.23. The zero-order valence-corrected chi connectivity index (χ0v) is 13.2. The number of anilines is 1. The van der Waals surface area contributed by atoms with Crippen LogP contribution in [0.25, 0.3) is 11.4 Å². The van der Waals surface area contributed by atoms with Gasteiger partial charge in [-0.25, -0.2) is 9.97 Å². The molecule has 3 nitrogen and oxygen atoms in total. The van der Waals surface area contributed by atoms with Gasteiger partial charge in [-0.1, -0.05) is 48.9 Å². The average Bonchev–Trinajstić information content (AvgIpc) is 2.50. The molecule has 0 saturated carbocycles. The van der Waals surface area contributed by atoms with Crippen molar-refractivity contribution in [3.63, 3.8) is 0 Å². The summed E-state index contributed by atoms with van der Waals surface area (Å²) >= 11 is 6.23. The lowest BCUT2D eigenvalue weighted by atomic mass is 9.95. The molecule has 1 saturated heterocycles. The van der Waals surface area contributed by atoms with Crippen LogP contribution in [0.5, 0.6) is 0 Å². The highest BCUT2D eigenvalue weighted by Gasteiger charge is 2.24. The van der Waals surface area contributed by atoms with E-state index in [9.17, 15) is 0 Å². The van der Waals surface area contributed by atoms with Gasteiger partial charge in [0.2, 0.25) is 0 Å². The lowest BCUT2D eigenvalue weighted by molar-refractivity contribution is 0.388. The molecule has 1 aliphatic heterocycles. The molecule has 21 heavy (non-hydrogen) atoms. The lowest BCUT2D eigenvalue weighted by Crippen LogP contribution is -2.41. The van der Waals surface area contributed by atoms with Crippen LogP contribution in [-0.4, -0.2) is 22.6 Å². The fraction of sp³-hybridized carbons (Fsp3) is 0.412. The second kappa shape index (κ2) is 6.02. The molecule has 1 aromatic carbocycles. The summed E-state index contributed by atoms with van der Waals surface area (Å²) in [6, 6.07) is 12.4. The van der Waals surface area contributed by atoms with Crippen molar-refractivity contribution in [3.8, 4) is 11.4 Å². The van der Waals surface area contributed by atoms with Crippen molar-refractivity contribution >= 4 is 17.4 Å². The quantitative estimate of drug-likeness (QED) is 0.769. The Bertz CT molecular complexity index is 615. The zero-order valence-electron chi connectivity index (χ0n) is 12.5. The van der Waals surface area contributed by atoms with Gasteiger partial charge < -0.3 is 4.90 Å². The molecule has 0 aliphatic carbocycles. The summed E-state index contributed by atoms with van der Waals surface area (Å²) < 4.78 is 0. The molecule has 2 heterocycles. The van der Waals surface area contributed by atoms with Gasteiger partial charge in [0.25, 0.3) is 0 Å². The number of piperidine rings is 1. The highest BCUT2D eigenvalue weighted by atomic mass is 35.5. The molecule has 1 aromatic heterocycles. The molecule has 2 aromatic rings. The molecule has 4 heteroatoms. The maximum Gasteiger partial charge on any atom is 0.163 e. The van der Waals surface area contributed by atoms with E-state index in [0.29, 0.717) is 22.9 Å². The van der Waals surface area contributed by atoms with E-state index in [0.717, 1.165) is 17.9 Å². The van der Waals surface area contributed by atoms with E-state index in [1.807, 2.05) is 36.4 Å². The molecular formula is C17H20ClN3. The molecule has 3 rings (SSSR count). The Kier molecular flexibility index (Phi) is 4.11. The third kappa shape index (κ3) is 3.18. The van der Waals surface area contributed by atoms with E-state index >= 15 is 0 Å². The summed E-state index contributed by atoms with van der Waals surface area (Å²) in [6.07, 6.45) is 2.48. The smallest absolute Gasteiger partial charge is 0.163 e. The number of benzene rings is 1. The Balaban J connectivity index is 1.98. The number of rotatable bonds is 2. The standard InChI is InChI=1S/C17H20ClN3/c1-12-8-9-13(2)21(11-12)16-10-15(18)19-17(20-16)14-6-4-3-5-7-14/h3-7,10,12-13H,8-9,11H2,1-2H3. The normalized spacial score (nSPS) is 22.3. The first-order valence-corrected chi connectivity index (χ1v) is 7.88. The zero-order chi connectivity index (χ0) is 14.8. The molecule has 2 unspecified atom stereocenters. The highest BCUT2D eigenvalue weighted by molar-refractivity contribution is 6.29. The van der Waals surface area contributed by atoms with E-state index in [2.05, 4.69) is 23.7 Å². The molecule has 1 fully saturated rings. The second-order valence-corrected chi connectivity index (χ2v) is 6.31. The van der Waals surface area contributed by atoms with Crippen LogP contribution in [0.15, 0.2) is 36.4 Å². The van der Waals surface area contributed by atoms with Crippen molar-refractivity contribution in [1.29, 1.82) is 0 Å². The second-order valence-electron chi connectivity index (χ2n) is 5.92. The average molecular weight is 302 g/mol. The molecule has 110 valence electrons. The summed E-state index contributed by atoms with van der Waals surface area (Å²) in [5.41, 5.74) is 0.999. The van der Waals surface area contributed by atoms with Crippen molar-refractivity contribution in [2.24, 2.45) is 5.92 Å². The topological polar surface area (TPSA) is 29.0 Å². The molecule has 0 bridgehead atoms. The van der Waals surface area contributed by atoms with Gasteiger partial charge in [0.05, 0.1) is 0 Å². The SMILES string of the molecule is CC1CCC(C)N(c2cc(Cl)nc(-c3ccccc3)n2)C1. The van der Waals surface area contributed by atoms with E-state index in [1.165, 1.54) is 12.8 Å². The number of halogens is 1. The Hall–Kier alpha value is -1.61. The van der Waals surface area contributed by atoms with Crippen LogP contribution >= 0.6 is 11.6 Å². The van der Waals surface area contributed by atoms with Gasteiger partial charge in [-0.15, -0.1) is 0 Å². The van der Waals surface area contributed by atoms with E-state index < -0.39 is 0 Å². The first-order chi connectivity index (χ1) is 10.1. The predicted molar refractivity (Wildman–Crippen MR) is 87.7 cm³/mol. The van der Waals surface area contributed by atoms with Crippen LogP contribution in [0.1, 0.15) is 26.7 Å². The van der Waals surface area contributed by atoms with Crippen LogP contribution in [-0.2, 0) is 0 Å². The first kappa shape index (κ1) is 14.3.